The standard InChI is InChI=1S/C15H25NO3/c1-19-12-6-3-5-11(8-12)16-9-10-4-2-7-13(10)14(16)15(17)18/h10-14H,2-9H2,1H3,(H,17,18). The number of aliphatic carboxylic acids is 1. The van der Waals surface area contributed by atoms with Crippen LogP contribution < -0.4 is 0 Å². The van der Waals surface area contributed by atoms with E-state index < -0.39 is 5.97 Å². The number of likely N-dealkylation sites (tertiary alicyclic amines) is 1. The zero-order chi connectivity index (χ0) is 13.4. The lowest BCUT2D eigenvalue weighted by molar-refractivity contribution is -0.145. The van der Waals surface area contributed by atoms with Crippen molar-refractivity contribution in [1.29, 1.82) is 0 Å². The van der Waals surface area contributed by atoms with Crippen molar-refractivity contribution in [2.75, 3.05) is 13.7 Å². The Labute approximate surface area is 115 Å². The van der Waals surface area contributed by atoms with E-state index in [0.717, 1.165) is 32.2 Å². The average Bonchev–Trinajstić information content (AvgIpc) is 2.98. The van der Waals surface area contributed by atoms with Crippen LogP contribution in [0.1, 0.15) is 44.9 Å². The molecule has 0 aromatic heterocycles. The second-order valence-electron chi connectivity index (χ2n) is 6.51. The van der Waals surface area contributed by atoms with Crippen molar-refractivity contribution in [1.82, 2.24) is 4.90 Å². The van der Waals surface area contributed by atoms with Gasteiger partial charge in [0.15, 0.2) is 0 Å². The molecule has 0 amide bonds. The number of fused-ring (bicyclic) bond motifs is 1. The number of carboxylic acid groups (broad SMARTS) is 1. The fraction of sp³-hybridized carbons (Fsp3) is 0.933. The highest BCUT2D eigenvalue weighted by molar-refractivity contribution is 5.74. The van der Waals surface area contributed by atoms with Crippen molar-refractivity contribution < 1.29 is 14.6 Å². The molecule has 108 valence electrons. The Morgan fingerprint density at radius 3 is 2.74 bits per heavy atom. The number of hydrogen-bond donors (Lipinski definition) is 1. The largest absolute Gasteiger partial charge is 0.480 e. The first-order valence-electron chi connectivity index (χ1n) is 7.72. The van der Waals surface area contributed by atoms with E-state index in [9.17, 15) is 9.90 Å². The molecule has 5 atom stereocenters. The highest BCUT2D eigenvalue weighted by atomic mass is 16.5. The second kappa shape index (κ2) is 5.41. The summed E-state index contributed by atoms with van der Waals surface area (Å²) in [5.74, 6) is 0.429. The van der Waals surface area contributed by atoms with Gasteiger partial charge in [-0.2, -0.15) is 0 Å². The van der Waals surface area contributed by atoms with Gasteiger partial charge in [-0.05, 0) is 50.4 Å². The molecule has 3 fully saturated rings. The molecule has 0 radical (unpaired) electrons. The van der Waals surface area contributed by atoms with Crippen LogP contribution in [0.2, 0.25) is 0 Å². The molecule has 1 heterocycles. The summed E-state index contributed by atoms with van der Waals surface area (Å²) in [6, 6.07) is 0.193. The van der Waals surface area contributed by atoms with E-state index in [2.05, 4.69) is 4.90 Å². The third-order valence-corrected chi connectivity index (χ3v) is 5.58. The minimum absolute atomic E-state index is 0.229. The molecular formula is C15H25NO3. The zero-order valence-electron chi connectivity index (χ0n) is 11.8. The molecule has 0 aromatic rings. The zero-order valence-corrected chi connectivity index (χ0v) is 11.8. The lowest BCUT2D eigenvalue weighted by atomic mass is 9.90. The molecule has 19 heavy (non-hydrogen) atoms. The van der Waals surface area contributed by atoms with Gasteiger partial charge in [-0.15, -0.1) is 0 Å². The Bertz CT molecular complexity index is 346. The molecule has 1 aliphatic heterocycles. The van der Waals surface area contributed by atoms with Crippen molar-refractivity contribution in [3.05, 3.63) is 0 Å². The molecule has 0 spiro atoms. The van der Waals surface area contributed by atoms with Crippen LogP contribution in [0.15, 0.2) is 0 Å². The number of rotatable bonds is 3. The normalized spacial score (nSPS) is 43.3. The molecular weight excluding hydrogens is 242 g/mol. The number of carbonyl (C=O) groups is 1. The quantitative estimate of drug-likeness (QED) is 0.851. The summed E-state index contributed by atoms with van der Waals surface area (Å²) in [5, 5.41) is 9.61. The van der Waals surface area contributed by atoms with E-state index in [4.69, 9.17) is 4.74 Å². The molecule has 1 saturated heterocycles. The summed E-state index contributed by atoms with van der Waals surface area (Å²) in [5.41, 5.74) is 0. The maximum absolute atomic E-state index is 11.7. The van der Waals surface area contributed by atoms with Gasteiger partial charge in [-0.25, -0.2) is 0 Å². The van der Waals surface area contributed by atoms with Gasteiger partial charge in [0.25, 0.3) is 0 Å². The first-order chi connectivity index (χ1) is 9.20. The SMILES string of the molecule is COC1CCCC(N2CC3CCCC3C2C(=O)O)C1. The number of carboxylic acids is 1. The van der Waals surface area contributed by atoms with Crippen LogP contribution in [0.3, 0.4) is 0 Å². The van der Waals surface area contributed by atoms with Crippen LogP contribution in [0.5, 0.6) is 0 Å². The van der Waals surface area contributed by atoms with Crippen molar-refractivity contribution in [2.45, 2.75) is 63.1 Å². The lowest BCUT2D eigenvalue weighted by Crippen LogP contribution is -2.48. The molecule has 1 N–H and O–H groups in total. The van der Waals surface area contributed by atoms with E-state index in [1.807, 2.05) is 0 Å². The van der Waals surface area contributed by atoms with Gasteiger partial charge in [0.2, 0.25) is 0 Å². The highest BCUT2D eigenvalue weighted by Gasteiger charge is 2.50. The molecule has 2 aliphatic carbocycles. The number of methoxy groups -OCH3 is 1. The Balaban J connectivity index is 1.74. The van der Waals surface area contributed by atoms with Crippen LogP contribution in [0.25, 0.3) is 0 Å². The van der Waals surface area contributed by atoms with E-state index in [-0.39, 0.29) is 6.04 Å². The Morgan fingerprint density at radius 1 is 1.21 bits per heavy atom. The third-order valence-electron chi connectivity index (χ3n) is 5.58. The summed E-state index contributed by atoms with van der Waals surface area (Å²) in [6.45, 7) is 1.00. The topological polar surface area (TPSA) is 49.8 Å². The van der Waals surface area contributed by atoms with Crippen molar-refractivity contribution in [2.24, 2.45) is 11.8 Å². The van der Waals surface area contributed by atoms with Crippen LogP contribution in [-0.4, -0.2) is 47.8 Å². The first kappa shape index (κ1) is 13.4. The molecule has 4 nitrogen and oxygen atoms in total. The molecule has 3 aliphatic rings. The van der Waals surface area contributed by atoms with Gasteiger partial charge < -0.3 is 9.84 Å². The Kier molecular flexibility index (Phi) is 3.81. The summed E-state index contributed by atoms with van der Waals surface area (Å²) in [4.78, 5) is 14.0. The lowest BCUT2D eigenvalue weighted by Gasteiger charge is -2.37. The minimum atomic E-state index is -0.603. The Morgan fingerprint density at radius 2 is 2.00 bits per heavy atom. The van der Waals surface area contributed by atoms with E-state index in [0.29, 0.717) is 24.0 Å². The smallest absolute Gasteiger partial charge is 0.321 e. The van der Waals surface area contributed by atoms with Gasteiger partial charge in [0, 0.05) is 19.7 Å². The van der Waals surface area contributed by atoms with E-state index in [1.165, 1.54) is 19.3 Å². The van der Waals surface area contributed by atoms with Crippen LogP contribution in [-0.2, 0) is 9.53 Å². The van der Waals surface area contributed by atoms with E-state index >= 15 is 0 Å². The summed E-state index contributed by atoms with van der Waals surface area (Å²) < 4.78 is 5.50. The molecule has 2 saturated carbocycles. The molecule has 3 rings (SSSR count). The molecule has 4 heteroatoms. The predicted octanol–water partition coefficient (Wildman–Crippen LogP) is 2.13. The van der Waals surface area contributed by atoms with Crippen LogP contribution >= 0.6 is 0 Å². The van der Waals surface area contributed by atoms with Crippen molar-refractivity contribution in [3.63, 3.8) is 0 Å². The maximum Gasteiger partial charge on any atom is 0.321 e. The highest BCUT2D eigenvalue weighted by Crippen LogP contribution is 2.44. The van der Waals surface area contributed by atoms with Crippen molar-refractivity contribution >= 4 is 5.97 Å². The minimum Gasteiger partial charge on any atom is -0.480 e. The number of hydrogen-bond acceptors (Lipinski definition) is 3. The van der Waals surface area contributed by atoms with Gasteiger partial charge in [0.1, 0.15) is 6.04 Å². The average molecular weight is 267 g/mol. The van der Waals surface area contributed by atoms with Gasteiger partial charge >= 0.3 is 5.97 Å². The fourth-order valence-corrected chi connectivity index (χ4v) is 4.67. The third kappa shape index (κ3) is 2.40. The van der Waals surface area contributed by atoms with Gasteiger partial charge in [-0.1, -0.05) is 6.42 Å². The molecule has 0 bridgehead atoms. The van der Waals surface area contributed by atoms with Gasteiger partial charge in [0.05, 0.1) is 6.10 Å². The second-order valence-corrected chi connectivity index (χ2v) is 6.51. The molecule has 0 aromatic carbocycles. The monoisotopic (exact) mass is 267 g/mol. The summed E-state index contributed by atoms with van der Waals surface area (Å²) in [6.07, 6.45) is 8.34. The van der Waals surface area contributed by atoms with Gasteiger partial charge in [-0.3, -0.25) is 9.69 Å². The summed E-state index contributed by atoms with van der Waals surface area (Å²) in [7, 11) is 1.78. The molecule has 5 unspecified atom stereocenters. The van der Waals surface area contributed by atoms with Crippen molar-refractivity contribution in [3.8, 4) is 0 Å². The Hall–Kier alpha value is -0.610. The van der Waals surface area contributed by atoms with Crippen LogP contribution in [0.4, 0.5) is 0 Å². The van der Waals surface area contributed by atoms with E-state index in [1.54, 1.807) is 7.11 Å². The fourth-order valence-electron chi connectivity index (χ4n) is 4.67. The number of ether oxygens (including phenoxy) is 1. The predicted molar refractivity (Wildman–Crippen MR) is 72.0 cm³/mol. The first-order valence-corrected chi connectivity index (χ1v) is 7.72. The van der Waals surface area contributed by atoms with Crippen LogP contribution in [0, 0.1) is 11.8 Å². The maximum atomic E-state index is 11.7. The summed E-state index contributed by atoms with van der Waals surface area (Å²) >= 11 is 0. The number of nitrogens with zero attached hydrogens (tertiary/aromatic N) is 1.